The average Bonchev–Trinajstić information content (AvgIpc) is 1.84. The standard InChI is InChI=1S/C9H15N/c1-8-4-2-6-9(10)7-3-5-8/h2-4,7-9H,5-6,10H2,1H3. The molecule has 0 bridgehead atoms. The minimum atomic E-state index is 0.240. The van der Waals surface area contributed by atoms with Gasteiger partial charge in [-0.05, 0) is 18.8 Å². The molecule has 0 heterocycles. The molecule has 2 atom stereocenters. The minimum absolute atomic E-state index is 0.240. The van der Waals surface area contributed by atoms with E-state index in [-0.39, 0.29) is 6.04 Å². The van der Waals surface area contributed by atoms with E-state index in [2.05, 4.69) is 31.2 Å². The molecule has 1 aliphatic carbocycles. The molecule has 0 aliphatic heterocycles. The lowest BCUT2D eigenvalue weighted by Crippen LogP contribution is -2.16. The summed E-state index contributed by atoms with van der Waals surface area (Å²) in [7, 11) is 0. The van der Waals surface area contributed by atoms with Crippen LogP contribution in [0.5, 0.6) is 0 Å². The van der Waals surface area contributed by atoms with Crippen LogP contribution in [0.2, 0.25) is 0 Å². The van der Waals surface area contributed by atoms with Gasteiger partial charge in [-0.25, -0.2) is 0 Å². The first-order valence-corrected chi connectivity index (χ1v) is 3.88. The maximum atomic E-state index is 5.71. The van der Waals surface area contributed by atoms with Gasteiger partial charge in [-0.15, -0.1) is 0 Å². The quantitative estimate of drug-likeness (QED) is 0.507. The van der Waals surface area contributed by atoms with E-state index in [0.717, 1.165) is 12.8 Å². The van der Waals surface area contributed by atoms with Crippen LogP contribution < -0.4 is 5.73 Å². The van der Waals surface area contributed by atoms with Gasteiger partial charge in [0.1, 0.15) is 0 Å². The Morgan fingerprint density at radius 2 is 1.90 bits per heavy atom. The highest BCUT2D eigenvalue weighted by Crippen LogP contribution is 2.09. The Morgan fingerprint density at radius 3 is 2.70 bits per heavy atom. The zero-order valence-corrected chi connectivity index (χ0v) is 6.46. The summed E-state index contributed by atoms with van der Waals surface area (Å²) >= 11 is 0. The van der Waals surface area contributed by atoms with Crippen molar-refractivity contribution in [3.63, 3.8) is 0 Å². The second-order valence-electron chi connectivity index (χ2n) is 2.97. The van der Waals surface area contributed by atoms with Gasteiger partial charge in [-0.2, -0.15) is 0 Å². The van der Waals surface area contributed by atoms with Crippen LogP contribution in [0.4, 0.5) is 0 Å². The van der Waals surface area contributed by atoms with Gasteiger partial charge in [0, 0.05) is 6.04 Å². The Bertz CT molecular complexity index is 129. The molecule has 1 nitrogen and oxygen atoms in total. The molecule has 0 aromatic carbocycles. The lowest BCUT2D eigenvalue weighted by molar-refractivity contribution is 0.712. The monoisotopic (exact) mass is 137 g/mol. The van der Waals surface area contributed by atoms with Crippen LogP contribution in [0.25, 0.3) is 0 Å². The maximum absolute atomic E-state index is 5.71. The fourth-order valence-corrected chi connectivity index (χ4v) is 1.09. The van der Waals surface area contributed by atoms with Crippen LogP contribution in [0, 0.1) is 5.92 Å². The Kier molecular flexibility index (Phi) is 2.69. The third-order valence-electron chi connectivity index (χ3n) is 1.76. The fraction of sp³-hybridized carbons (Fsp3) is 0.556. The van der Waals surface area contributed by atoms with Gasteiger partial charge < -0.3 is 5.73 Å². The maximum Gasteiger partial charge on any atom is 0.0258 e. The molecule has 1 heteroatoms. The Balaban J connectivity index is 2.48. The molecule has 10 heavy (non-hydrogen) atoms. The number of hydrogen-bond acceptors (Lipinski definition) is 1. The van der Waals surface area contributed by atoms with Crippen LogP contribution in [0.15, 0.2) is 24.3 Å². The van der Waals surface area contributed by atoms with Crippen molar-refractivity contribution < 1.29 is 0 Å². The zero-order valence-electron chi connectivity index (χ0n) is 6.46. The van der Waals surface area contributed by atoms with Crippen molar-refractivity contribution in [1.29, 1.82) is 0 Å². The van der Waals surface area contributed by atoms with E-state index < -0.39 is 0 Å². The molecule has 0 saturated heterocycles. The van der Waals surface area contributed by atoms with Crippen LogP contribution in [-0.2, 0) is 0 Å². The third-order valence-corrected chi connectivity index (χ3v) is 1.76. The molecule has 0 amide bonds. The molecule has 0 aromatic rings. The number of hydrogen-bond donors (Lipinski definition) is 1. The lowest BCUT2D eigenvalue weighted by Gasteiger charge is -2.08. The minimum Gasteiger partial charge on any atom is -0.324 e. The van der Waals surface area contributed by atoms with Crippen molar-refractivity contribution in [2.75, 3.05) is 0 Å². The SMILES string of the molecule is CC1C=CCC(N)C=CC1. The Labute approximate surface area is 62.6 Å². The second-order valence-corrected chi connectivity index (χ2v) is 2.97. The topological polar surface area (TPSA) is 26.0 Å². The highest BCUT2D eigenvalue weighted by atomic mass is 14.6. The van der Waals surface area contributed by atoms with Gasteiger partial charge in [0.05, 0.1) is 0 Å². The van der Waals surface area contributed by atoms with Crippen molar-refractivity contribution in [2.45, 2.75) is 25.8 Å². The zero-order chi connectivity index (χ0) is 7.40. The number of rotatable bonds is 0. The van der Waals surface area contributed by atoms with E-state index in [1.54, 1.807) is 0 Å². The number of allylic oxidation sites excluding steroid dienone is 2. The van der Waals surface area contributed by atoms with Gasteiger partial charge in [0.25, 0.3) is 0 Å². The van der Waals surface area contributed by atoms with E-state index >= 15 is 0 Å². The fourth-order valence-electron chi connectivity index (χ4n) is 1.09. The van der Waals surface area contributed by atoms with Gasteiger partial charge >= 0.3 is 0 Å². The smallest absolute Gasteiger partial charge is 0.0258 e. The van der Waals surface area contributed by atoms with Crippen LogP contribution >= 0.6 is 0 Å². The van der Waals surface area contributed by atoms with Crippen molar-refractivity contribution in [2.24, 2.45) is 11.7 Å². The van der Waals surface area contributed by atoms with Gasteiger partial charge in [0.2, 0.25) is 0 Å². The predicted molar refractivity (Wildman–Crippen MR) is 44.7 cm³/mol. The van der Waals surface area contributed by atoms with Gasteiger partial charge in [-0.3, -0.25) is 0 Å². The molecule has 0 saturated carbocycles. The molecule has 2 N–H and O–H groups in total. The molecule has 0 spiro atoms. The molecule has 2 unspecified atom stereocenters. The highest BCUT2D eigenvalue weighted by Gasteiger charge is 1.99. The molecular weight excluding hydrogens is 122 g/mol. The van der Waals surface area contributed by atoms with E-state index in [9.17, 15) is 0 Å². The lowest BCUT2D eigenvalue weighted by atomic mass is 10.0. The molecule has 0 aromatic heterocycles. The Morgan fingerprint density at radius 1 is 1.20 bits per heavy atom. The first-order valence-electron chi connectivity index (χ1n) is 3.88. The third kappa shape index (κ3) is 2.36. The summed E-state index contributed by atoms with van der Waals surface area (Å²) in [6.45, 7) is 2.22. The predicted octanol–water partition coefficient (Wildman–Crippen LogP) is 1.86. The summed E-state index contributed by atoms with van der Waals surface area (Å²) in [5.41, 5.74) is 5.71. The summed E-state index contributed by atoms with van der Waals surface area (Å²) in [5.74, 6) is 0.684. The summed E-state index contributed by atoms with van der Waals surface area (Å²) in [5, 5.41) is 0. The highest BCUT2D eigenvalue weighted by molar-refractivity contribution is 5.02. The van der Waals surface area contributed by atoms with Crippen LogP contribution in [-0.4, -0.2) is 6.04 Å². The van der Waals surface area contributed by atoms with Crippen molar-refractivity contribution in [3.8, 4) is 0 Å². The normalized spacial score (nSPS) is 33.4. The molecular formula is C9H15N. The molecule has 1 aliphatic rings. The average molecular weight is 137 g/mol. The van der Waals surface area contributed by atoms with Crippen LogP contribution in [0.1, 0.15) is 19.8 Å². The van der Waals surface area contributed by atoms with Crippen molar-refractivity contribution in [1.82, 2.24) is 0 Å². The molecule has 0 radical (unpaired) electrons. The largest absolute Gasteiger partial charge is 0.324 e. The molecule has 0 fully saturated rings. The van der Waals surface area contributed by atoms with E-state index in [4.69, 9.17) is 5.73 Å². The molecule has 1 rings (SSSR count). The number of nitrogens with two attached hydrogens (primary N) is 1. The second kappa shape index (κ2) is 3.57. The van der Waals surface area contributed by atoms with E-state index in [1.165, 1.54) is 0 Å². The summed E-state index contributed by atoms with van der Waals surface area (Å²) in [6.07, 6.45) is 10.8. The molecule has 56 valence electrons. The van der Waals surface area contributed by atoms with Crippen LogP contribution in [0.3, 0.4) is 0 Å². The first-order chi connectivity index (χ1) is 4.79. The Hall–Kier alpha value is -0.560. The summed E-state index contributed by atoms with van der Waals surface area (Å²) in [4.78, 5) is 0. The summed E-state index contributed by atoms with van der Waals surface area (Å²) in [6, 6.07) is 0.240. The first kappa shape index (κ1) is 7.55. The van der Waals surface area contributed by atoms with E-state index in [0.29, 0.717) is 5.92 Å². The van der Waals surface area contributed by atoms with Crippen molar-refractivity contribution >= 4 is 0 Å². The van der Waals surface area contributed by atoms with Gasteiger partial charge in [0.15, 0.2) is 0 Å². The van der Waals surface area contributed by atoms with Crippen molar-refractivity contribution in [3.05, 3.63) is 24.3 Å². The van der Waals surface area contributed by atoms with E-state index in [1.807, 2.05) is 0 Å². The summed E-state index contributed by atoms with van der Waals surface area (Å²) < 4.78 is 0. The van der Waals surface area contributed by atoms with Gasteiger partial charge in [-0.1, -0.05) is 31.2 Å².